The standard InChI is InChI=1S/C51H99N13O21/c52-61-58-7-19-74-28-34-80-40-46-83-43-37-77-31-25-71-16-4-55-49(65)1-13-68-22-10-64(11-23-69-14-2-50(66)56-5-17-72-26-32-78-38-44-84-47-41-81-35-29-75-20-8-59-62-53)12-24-70-15-3-51(67)57-6-18-73-27-33-79-39-45-85-48-42-82-36-30-76-21-9-60-63-54/h1-48H2,(H,55,65)(H,56,66)(H,57,67). The van der Waals surface area contributed by atoms with Gasteiger partial charge in [0, 0.05) is 92.9 Å². The molecule has 0 spiro atoms. The van der Waals surface area contributed by atoms with Crippen LogP contribution in [0.3, 0.4) is 0 Å². The molecule has 3 N–H and O–H groups in total. The number of carbonyl (C=O) groups is 3. The monoisotopic (exact) mass is 1230 g/mol. The zero-order chi connectivity index (χ0) is 61.3. The van der Waals surface area contributed by atoms with Crippen LogP contribution in [0.2, 0.25) is 0 Å². The second-order valence-corrected chi connectivity index (χ2v) is 17.0. The highest BCUT2D eigenvalue weighted by atomic mass is 16.6. The molecule has 0 radical (unpaired) electrons. The molecule has 494 valence electrons. The quantitative estimate of drug-likeness (QED) is 0.0331. The van der Waals surface area contributed by atoms with E-state index in [1.165, 1.54) is 0 Å². The van der Waals surface area contributed by atoms with Gasteiger partial charge in [-0.15, -0.1) is 0 Å². The minimum Gasteiger partial charge on any atom is -0.380 e. The van der Waals surface area contributed by atoms with Gasteiger partial charge in [0.1, 0.15) is 0 Å². The fourth-order valence-electron chi connectivity index (χ4n) is 6.17. The molecule has 0 aliphatic rings. The fraction of sp³-hybridized carbons (Fsp3) is 0.941. The minimum absolute atomic E-state index is 0.155. The third-order valence-electron chi connectivity index (χ3n) is 10.4. The summed E-state index contributed by atoms with van der Waals surface area (Å²) in [7, 11) is 0. The van der Waals surface area contributed by atoms with Crippen LogP contribution < -0.4 is 16.0 Å². The lowest BCUT2D eigenvalue weighted by Gasteiger charge is -2.22. The molecule has 0 aromatic rings. The van der Waals surface area contributed by atoms with Crippen LogP contribution in [0.15, 0.2) is 15.3 Å². The van der Waals surface area contributed by atoms with Crippen LogP contribution in [0.4, 0.5) is 0 Å². The van der Waals surface area contributed by atoms with Crippen LogP contribution in [0, 0.1) is 0 Å². The number of carbonyl (C=O) groups excluding carboxylic acids is 3. The predicted molar refractivity (Wildman–Crippen MR) is 306 cm³/mol. The van der Waals surface area contributed by atoms with Crippen molar-refractivity contribution in [3.63, 3.8) is 0 Å². The largest absolute Gasteiger partial charge is 0.380 e. The lowest BCUT2D eigenvalue weighted by molar-refractivity contribution is -0.123. The second-order valence-electron chi connectivity index (χ2n) is 17.0. The van der Waals surface area contributed by atoms with E-state index in [1.807, 2.05) is 0 Å². The Balaban J connectivity index is 4.24. The van der Waals surface area contributed by atoms with Crippen LogP contribution in [-0.4, -0.2) is 319 Å². The second kappa shape index (κ2) is 72.1. The van der Waals surface area contributed by atoms with E-state index in [4.69, 9.17) is 102 Å². The summed E-state index contributed by atoms with van der Waals surface area (Å²) in [5.74, 6) is -0.466. The molecular weight excluding hydrogens is 1130 g/mol. The number of nitrogens with zero attached hydrogens (tertiary/aromatic N) is 10. The Labute approximate surface area is 499 Å². The Morgan fingerprint density at radius 1 is 0.259 bits per heavy atom. The van der Waals surface area contributed by atoms with Gasteiger partial charge in [0.2, 0.25) is 17.7 Å². The zero-order valence-corrected chi connectivity index (χ0v) is 50.0. The van der Waals surface area contributed by atoms with Crippen LogP contribution in [-0.2, 0) is 99.6 Å². The number of ether oxygens (including phenoxy) is 18. The topological polar surface area (TPSA) is 403 Å². The summed E-state index contributed by atoms with van der Waals surface area (Å²) in [6.45, 7) is 17.4. The van der Waals surface area contributed by atoms with E-state index < -0.39 is 0 Å². The predicted octanol–water partition coefficient (Wildman–Crippen LogP) is 1.04. The molecule has 0 aliphatic carbocycles. The van der Waals surface area contributed by atoms with E-state index in [2.05, 4.69) is 50.9 Å². The Morgan fingerprint density at radius 2 is 0.435 bits per heavy atom. The molecule has 0 unspecified atom stereocenters. The molecule has 3 amide bonds. The van der Waals surface area contributed by atoms with Crippen molar-refractivity contribution in [3.8, 4) is 0 Å². The molecule has 85 heavy (non-hydrogen) atoms. The highest BCUT2D eigenvalue weighted by Gasteiger charge is 2.09. The molecule has 34 nitrogen and oxygen atoms in total. The first-order valence-corrected chi connectivity index (χ1v) is 29.0. The van der Waals surface area contributed by atoms with Crippen LogP contribution in [0.25, 0.3) is 31.3 Å². The molecule has 0 atom stereocenters. The van der Waals surface area contributed by atoms with Crippen molar-refractivity contribution in [1.29, 1.82) is 0 Å². The van der Waals surface area contributed by atoms with Crippen LogP contribution >= 0.6 is 0 Å². The van der Waals surface area contributed by atoms with Gasteiger partial charge in [-0.1, -0.05) is 15.3 Å². The molecule has 0 saturated heterocycles. The third-order valence-corrected chi connectivity index (χ3v) is 10.4. The van der Waals surface area contributed by atoms with Crippen molar-refractivity contribution in [3.05, 3.63) is 31.3 Å². The summed E-state index contributed by atoms with van der Waals surface area (Å²) in [4.78, 5) is 47.1. The molecule has 34 heteroatoms. The van der Waals surface area contributed by atoms with Gasteiger partial charge < -0.3 is 101 Å². The van der Waals surface area contributed by atoms with Gasteiger partial charge >= 0.3 is 0 Å². The first kappa shape index (κ1) is 80.6. The summed E-state index contributed by atoms with van der Waals surface area (Å²) >= 11 is 0. The van der Waals surface area contributed by atoms with Gasteiger partial charge in [-0.3, -0.25) is 19.3 Å². The Kier molecular flexibility index (Phi) is 68.3. The van der Waals surface area contributed by atoms with E-state index in [1.54, 1.807) is 0 Å². The molecular formula is C51H99N13O21. The van der Waals surface area contributed by atoms with E-state index in [9.17, 15) is 14.4 Å². The molecule has 0 bridgehead atoms. The Morgan fingerprint density at radius 3 is 0.635 bits per heavy atom. The van der Waals surface area contributed by atoms with E-state index >= 15 is 0 Å². The summed E-state index contributed by atoms with van der Waals surface area (Å²) in [6, 6.07) is 0. The van der Waals surface area contributed by atoms with Crippen LogP contribution in [0.1, 0.15) is 19.3 Å². The van der Waals surface area contributed by atoms with Crippen molar-refractivity contribution >= 4 is 17.7 Å². The van der Waals surface area contributed by atoms with E-state index in [-0.39, 0.29) is 56.8 Å². The number of hydrogen-bond acceptors (Lipinski definition) is 25. The molecule has 0 aromatic carbocycles. The first-order valence-electron chi connectivity index (χ1n) is 29.0. The lowest BCUT2D eigenvalue weighted by Crippen LogP contribution is -2.35. The molecule has 0 aromatic heterocycles. The molecule has 0 rings (SSSR count). The highest BCUT2D eigenvalue weighted by Crippen LogP contribution is 1.96. The minimum atomic E-state index is -0.155. The maximum absolute atomic E-state index is 12.4. The smallest absolute Gasteiger partial charge is 0.222 e. The van der Waals surface area contributed by atoms with Gasteiger partial charge in [0.15, 0.2) is 0 Å². The Hall–Kier alpha value is -4.42. The number of amides is 3. The van der Waals surface area contributed by atoms with Crippen molar-refractivity contribution in [1.82, 2.24) is 20.9 Å². The average Bonchev–Trinajstić information content (AvgIpc) is 3.50. The van der Waals surface area contributed by atoms with Crippen molar-refractivity contribution in [2.24, 2.45) is 15.3 Å². The SMILES string of the molecule is [N-]=[N+]=NCCOCCOCCOCCOCCOCCNC(=O)CCOCCN(CCOCCC(=O)NCCOCCOCCOCCOCCOCCN=[N+]=[N-])CCOCCC(=O)NCCOCCOCCOCCOCCOCCN=[N+]=[N-]. The van der Waals surface area contributed by atoms with E-state index in [0.29, 0.717) is 277 Å². The normalized spacial score (nSPS) is 11.1. The summed E-state index contributed by atoms with van der Waals surface area (Å²) in [5.41, 5.74) is 24.6. The lowest BCUT2D eigenvalue weighted by atomic mass is 10.4. The van der Waals surface area contributed by atoms with Crippen molar-refractivity contribution < 1.29 is 99.6 Å². The van der Waals surface area contributed by atoms with Gasteiger partial charge in [-0.05, 0) is 16.6 Å². The first-order chi connectivity index (χ1) is 42.0. The number of rotatable bonds is 72. The molecule has 0 saturated carbocycles. The maximum Gasteiger partial charge on any atom is 0.222 e. The van der Waals surface area contributed by atoms with Gasteiger partial charge in [0.25, 0.3) is 0 Å². The number of hydrogen-bond donors (Lipinski definition) is 3. The van der Waals surface area contributed by atoms with Gasteiger partial charge in [-0.25, -0.2) is 0 Å². The van der Waals surface area contributed by atoms with Crippen molar-refractivity contribution in [2.45, 2.75) is 19.3 Å². The third kappa shape index (κ3) is 70.2. The molecule has 0 heterocycles. The average molecular weight is 1230 g/mol. The fourth-order valence-corrected chi connectivity index (χ4v) is 6.17. The number of azide groups is 3. The Bertz CT molecular complexity index is 1450. The summed E-state index contributed by atoms with van der Waals surface area (Å²) < 4.78 is 98.7. The maximum atomic E-state index is 12.4. The van der Waals surface area contributed by atoms with Crippen molar-refractivity contribution in [2.75, 3.05) is 297 Å². The molecule has 0 fully saturated rings. The zero-order valence-electron chi connectivity index (χ0n) is 50.0. The van der Waals surface area contributed by atoms with Crippen LogP contribution in [0.5, 0.6) is 0 Å². The summed E-state index contributed by atoms with van der Waals surface area (Å²) in [5, 5.41) is 18.6. The van der Waals surface area contributed by atoms with E-state index in [0.717, 1.165) is 0 Å². The number of nitrogens with one attached hydrogen (secondary N) is 3. The molecule has 0 aliphatic heterocycles. The van der Waals surface area contributed by atoms with Gasteiger partial charge in [-0.2, -0.15) is 0 Å². The summed E-state index contributed by atoms with van der Waals surface area (Å²) in [6.07, 6.45) is 0.559. The highest BCUT2D eigenvalue weighted by molar-refractivity contribution is 5.76. The van der Waals surface area contributed by atoms with Gasteiger partial charge in [0.05, 0.1) is 238 Å².